The highest BCUT2D eigenvalue weighted by Crippen LogP contribution is 2.55. The molecule has 1 saturated heterocycles. The number of carboxylic acids is 1. The van der Waals surface area contributed by atoms with Crippen molar-refractivity contribution in [2.45, 2.75) is 49.5 Å². The summed E-state index contributed by atoms with van der Waals surface area (Å²) in [7, 11) is 0. The molecule has 2 fully saturated rings. The smallest absolute Gasteiger partial charge is 0.304 e. The van der Waals surface area contributed by atoms with Crippen molar-refractivity contribution in [2.24, 2.45) is 0 Å². The van der Waals surface area contributed by atoms with Crippen LogP contribution in [0.15, 0.2) is 66.7 Å². The number of likely N-dealkylation sites (tertiary alicyclic amines) is 1. The topological polar surface area (TPSA) is 59.0 Å². The number of aliphatic carboxylic acids is 1. The molecule has 0 radical (unpaired) electrons. The molecule has 0 bridgehead atoms. The van der Waals surface area contributed by atoms with Crippen LogP contribution in [-0.4, -0.2) is 42.2 Å². The van der Waals surface area contributed by atoms with Gasteiger partial charge < -0.3 is 19.5 Å². The first-order valence-corrected chi connectivity index (χ1v) is 13.6. The van der Waals surface area contributed by atoms with Gasteiger partial charge in [-0.1, -0.05) is 60.1 Å². The predicted octanol–water partition coefficient (Wildman–Crippen LogP) is 6.39. The van der Waals surface area contributed by atoms with E-state index in [4.69, 9.17) is 26.2 Å². The molecule has 1 spiro atoms. The number of benzene rings is 3. The molecule has 2 aliphatic heterocycles. The van der Waals surface area contributed by atoms with E-state index in [0.717, 1.165) is 48.0 Å². The van der Waals surface area contributed by atoms with Gasteiger partial charge in [-0.2, -0.15) is 0 Å². The zero-order valence-corrected chi connectivity index (χ0v) is 21.6. The lowest BCUT2D eigenvalue weighted by molar-refractivity contribution is -0.137. The number of nitrogens with zero attached hydrogens (tertiary/aromatic N) is 1. The normalized spacial score (nSPS) is 21.9. The molecular weight excluding hydrogens is 486 g/mol. The third-order valence-electron chi connectivity index (χ3n) is 8.39. The Balaban J connectivity index is 1.09. The largest absolute Gasteiger partial charge is 0.492 e. The number of halogens is 1. The lowest BCUT2D eigenvalue weighted by Crippen LogP contribution is -2.44. The first kappa shape index (κ1) is 24.3. The standard InChI is InChI=1S/C31H32ClNO4/c32-28-9-6-22(26-18-25(26)21-4-2-1-3-5-21)16-23(28)19-36-24-7-8-27-29(17-24)37-20-31(27)11-14-33(15-12-31)13-10-30(34)35/h1-9,16-17,25-26H,10-15,18-20H2,(H,34,35). The molecule has 37 heavy (non-hydrogen) atoms. The van der Waals surface area contributed by atoms with Gasteiger partial charge in [0.15, 0.2) is 0 Å². The number of ether oxygens (including phenoxy) is 2. The average molecular weight is 518 g/mol. The summed E-state index contributed by atoms with van der Waals surface area (Å²) >= 11 is 6.54. The molecule has 0 amide bonds. The zero-order chi connectivity index (χ0) is 25.4. The van der Waals surface area contributed by atoms with Gasteiger partial charge in [0, 0.05) is 34.2 Å². The van der Waals surface area contributed by atoms with Crippen LogP contribution in [0.3, 0.4) is 0 Å². The molecule has 3 aromatic carbocycles. The van der Waals surface area contributed by atoms with Crippen molar-refractivity contribution in [3.05, 3.63) is 94.0 Å². The monoisotopic (exact) mass is 517 g/mol. The maximum atomic E-state index is 10.9. The fourth-order valence-corrected chi connectivity index (χ4v) is 6.22. The van der Waals surface area contributed by atoms with Crippen molar-refractivity contribution in [2.75, 3.05) is 26.2 Å². The molecule has 6 heteroatoms. The van der Waals surface area contributed by atoms with Crippen LogP contribution in [0.4, 0.5) is 0 Å². The molecule has 3 aromatic rings. The van der Waals surface area contributed by atoms with E-state index in [1.807, 2.05) is 18.2 Å². The first-order valence-electron chi connectivity index (χ1n) is 13.2. The molecule has 1 aliphatic carbocycles. The van der Waals surface area contributed by atoms with E-state index < -0.39 is 5.97 Å². The van der Waals surface area contributed by atoms with Gasteiger partial charge in [0.05, 0.1) is 13.0 Å². The Morgan fingerprint density at radius 3 is 2.59 bits per heavy atom. The van der Waals surface area contributed by atoms with Crippen LogP contribution in [0.2, 0.25) is 5.02 Å². The number of carbonyl (C=O) groups is 1. The molecule has 192 valence electrons. The lowest BCUT2D eigenvalue weighted by atomic mass is 9.74. The zero-order valence-electron chi connectivity index (χ0n) is 20.9. The molecule has 2 unspecified atom stereocenters. The van der Waals surface area contributed by atoms with E-state index in [-0.39, 0.29) is 11.8 Å². The number of piperidine rings is 1. The van der Waals surface area contributed by atoms with Gasteiger partial charge in [0.2, 0.25) is 0 Å². The second-order valence-corrected chi connectivity index (χ2v) is 11.1. The Labute approximate surface area is 223 Å². The molecule has 1 saturated carbocycles. The molecule has 1 N–H and O–H groups in total. The van der Waals surface area contributed by atoms with Crippen LogP contribution in [0, 0.1) is 0 Å². The van der Waals surface area contributed by atoms with Crippen LogP contribution in [0.5, 0.6) is 11.5 Å². The Bertz CT molecular complexity index is 1290. The van der Waals surface area contributed by atoms with E-state index in [2.05, 4.69) is 53.4 Å². The molecule has 3 aliphatic rings. The quantitative estimate of drug-likeness (QED) is 0.375. The highest BCUT2D eigenvalue weighted by atomic mass is 35.5. The van der Waals surface area contributed by atoms with Crippen LogP contribution in [0.1, 0.15) is 59.8 Å². The number of fused-ring (bicyclic) bond motifs is 2. The fraction of sp³-hybridized carbons (Fsp3) is 0.387. The Kier molecular flexibility index (Phi) is 6.60. The van der Waals surface area contributed by atoms with Crippen LogP contribution < -0.4 is 9.47 Å². The highest BCUT2D eigenvalue weighted by molar-refractivity contribution is 6.31. The van der Waals surface area contributed by atoms with E-state index >= 15 is 0 Å². The Hall–Kier alpha value is -3.02. The van der Waals surface area contributed by atoms with Crippen LogP contribution >= 0.6 is 11.6 Å². The van der Waals surface area contributed by atoms with E-state index in [1.54, 1.807) is 0 Å². The van der Waals surface area contributed by atoms with Crippen molar-refractivity contribution in [1.29, 1.82) is 0 Å². The Morgan fingerprint density at radius 1 is 1.03 bits per heavy atom. The summed E-state index contributed by atoms with van der Waals surface area (Å²) in [5.74, 6) is 2.07. The molecule has 2 heterocycles. The summed E-state index contributed by atoms with van der Waals surface area (Å²) in [6, 6.07) is 23.3. The van der Waals surface area contributed by atoms with Gasteiger partial charge in [-0.25, -0.2) is 0 Å². The average Bonchev–Trinajstić information content (AvgIpc) is 3.65. The maximum absolute atomic E-state index is 10.9. The number of carboxylic acid groups (broad SMARTS) is 1. The van der Waals surface area contributed by atoms with Gasteiger partial charge >= 0.3 is 5.97 Å². The van der Waals surface area contributed by atoms with Gasteiger partial charge in [0.1, 0.15) is 18.1 Å². The third-order valence-corrected chi connectivity index (χ3v) is 8.76. The molecule has 2 atom stereocenters. The molecule has 0 aromatic heterocycles. The lowest BCUT2D eigenvalue weighted by Gasteiger charge is -2.38. The minimum absolute atomic E-state index is 0.0186. The summed E-state index contributed by atoms with van der Waals surface area (Å²) in [6.07, 6.45) is 3.33. The number of rotatable bonds is 8. The van der Waals surface area contributed by atoms with Crippen LogP contribution in [-0.2, 0) is 16.8 Å². The second kappa shape index (κ2) is 10.0. The van der Waals surface area contributed by atoms with E-state index in [0.29, 0.717) is 31.6 Å². The fourth-order valence-electron chi connectivity index (χ4n) is 6.04. The van der Waals surface area contributed by atoms with Crippen molar-refractivity contribution < 1.29 is 19.4 Å². The van der Waals surface area contributed by atoms with Crippen LogP contribution in [0.25, 0.3) is 0 Å². The summed E-state index contributed by atoms with van der Waals surface area (Å²) in [4.78, 5) is 13.1. The summed E-state index contributed by atoms with van der Waals surface area (Å²) < 4.78 is 12.3. The minimum Gasteiger partial charge on any atom is -0.492 e. The second-order valence-electron chi connectivity index (χ2n) is 10.7. The summed E-state index contributed by atoms with van der Waals surface area (Å²) in [5, 5.41) is 9.69. The maximum Gasteiger partial charge on any atom is 0.304 e. The predicted molar refractivity (Wildman–Crippen MR) is 144 cm³/mol. The summed E-state index contributed by atoms with van der Waals surface area (Å²) in [5.41, 5.74) is 5.00. The molecular formula is C31H32ClNO4. The van der Waals surface area contributed by atoms with Crippen molar-refractivity contribution in [3.63, 3.8) is 0 Å². The van der Waals surface area contributed by atoms with Crippen molar-refractivity contribution in [3.8, 4) is 11.5 Å². The first-order chi connectivity index (χ1) is 18.0. The van der Waals surface area contributed by atoms with Gasteiger partial charge in [-0.15, -0.1) is 0 Å². The Morgan fingerprint density at radius 2 is 1.81 bits per heavy atom. The molecule has 5 nitrogen and oxygen atoms in total. The molecule has 6 rings (SSSR count). The number of hydrogen-bond donors (Lipinski definition) is 1. The summed E-state index contributed by atoms with van der Waals surface area (Å²) in [6.45, 7) is 3.50. The van der Waals surface area contributed by atoms with Crippen molar-refractivity contribution in [1.82, 2.24) is 4.90 Å². The minimum atomic E-state index is -0.737. The van der Waals surface area contributed by atoms with Gasteiger partial charge in [-0.3, -0.25) is 4.79 Å². The number of hydrogen-bond acceptors (Lipinski definition) is 4. The van der Waals surface area contributed by atoms with Crippen molar-refractivity contribution >= 4 is 17.6 Å². The SMILES string of the molecule is O=C(O)CCN1CCC2(CC1)COc1cc(OCc3cc(C4CC4c4ccccc4)ccc3Cl)ccc12. The highest BCUT2D eigenvalue weighted by Gasteiger charge is 2.43. The van der Waals surface area contributed by atoms with E-state index in [1.165, 1.54) is 23.1 Å². The van der Waals surface area contributed by atoms with Gasteiger partial charge in [0.25, 0.3) is 0 Å². The van der Waals surface area contributed by atoms with E-state index in [9.17, 15) is 4.79 Å². The third kappa shape index (κ3) is 5.07. The van der Waals surface area contributed by atoms with Gasteiger partial charge in [-0.05, 0) is 67.4 Å².